The van der Waals surface area contributed by atoms with Crippen LogP contribution in [0.1, 0.15) is 12.5 Å². The fourth-order valence-electron chi connectivity index (χ4n) is 2.10. The van der Waals surface area contributed by atoms with E-state index in [-0.39, 0.29) is 22.7 Å². The van der Waals surface area contributed by atoms with E-state index in [2.05, 4.69) is 10.1 Å². The van der Waals surface area contributed by atoms with Crippen LogP contribution in [0.3, 0.4) is 0 Å². The van der Waals surface area contributed by atoms with Crippen LogP contribution >= 0.6 is 0 Å². The lowest BCUT2D eigenvalue weighted by Gasteiger charge is -2.07. The number of non-ortho nitro benzene ring substituents is 1. The third kappa shape index (κ3) is 5.70. The molecule has 0 saturated carbocycles. The van der Waals surface area contributed by atoms with Crippen LogP contribution < -0.4 is 10.1 Å². The normalized spacial score (nSPS) is 11.2. The molecular weight excluding hydrogens is 362 g/mol. The maximum absolute atomic E-state index is 12.3. The quantitative estimate of drug-likeness (QED) is 0.260. The molecule has 0 saturated heterocycles. The van der Waals surface area contributed by atoms with Crippen molar-refractivity contribution in [2.45, 2.75) is 13.5 Å². The van der Waals surface area contributed by atoms with E-state index in [1.54, 1.807) is 0 Å². The van der Waals surface area contributed by atoms with Crippen LogP contribution in [-0.2, 0) is 9.59 Å². The molecule has 7 nitrogen and oxygen atoms in total. The number of nitro groups is 1. The fourth-order valence-corrected chi connectivity index (χ4v) is 2.10. The van der Waals surface area contributed by atoms with Gasteiger partial charge in [0.15, 0.2) is 5.78 Å². The topological polar surface area (TPSA) is 98.5 Å². The van der Waals surface area contributed by atoms with Gasteiger partial charge < -0.3 is 10.1 Å². The number of nitrogens with zero attached hydrogens (tertiary/aromatic N) is 1. The highest BCUT2D eigenvalue weighted by Gasteiger charge is 2.15. The number of Topliss-reactive ketones (excluding diaryl/α,β-unsaturated/α-hetero) is 1. The summed E-state index contributed by atoms with van der Waals surface area (Å²) in [5.74, 6) is -1.27. The fraction of sp³-hybridized carbons (Fsp3) is 0.111. The van der Waals surface area contributed by atoms with Gasteiger partial charge in [-0.3, -0.25) is 19.7 Å². The smallest absolute Gasteiger partial charge is 0.387 e. The number of halogens is 2. The molecule has 2 aromatic rings. The minimum atomic E-state index is -2.95. The Morgan fingerprint density at radius 2 is 1.70 bits per heavy atom. The Bertz CT molecular complexity index is 878. The van der Waals surface area contributed by atoms with Crippen LogP contribution in [0.2, 0.25) is 0 Å². The molecule has 0 aliphatic carbocycles. The van der Waals surface area contributed by atoms with Crippen LogP contribution in [0.15, 0.2) is 54.1 Å². The number of ketones is 1. The molecule has 0 unspecified atom stereocenters. The molecule has 1 amide bonds. The van der Waals surface area contributed by atoms with Gasteiger partial charge in [0.2, 0.25) is 0 Å². The molecular formula is C18H14F2N2O5. The molecule has 0 heterocycles. The summed E-state index contributed by atoms with van der Waals surface area (Å²) in [6, 6.07) is 10.5. The summed E-state index contributed by atoms with van der Waals surface area (Å²) in [6.45, 7) is -1.75. The predicted molar refractivity (Wildman–Crippen MR) is 93.5 cm³/mol. The molecule has 0 spiro atoms. The van der Waals surface area contributed by atoms with Crippen molar-refractivity contribution >= 4 is 29.1 Å². The maximum Gasteiger partial charge on any atom is 0.387 e. The largest absolute Gasteiger partial charge is 0.435 e. The second kappa shape index (κ2) is 8.65. The molecule has 140 valence electrons. The number of hydrogen-bond acceptors (Lipinski definition) is 5. The highest BCUT2D eigenvalue weighted by Crippen LogP contribution is 2.19. The summed E-state index contributed by atoms with van der Waals surface area (Å²) in [6.07, 6.45) is 1.30. The number of carbonyl (C=O) groups is 2. The molecule has 0 aliphatic heterocycles. The van der Waals surface area contributed by atoms with Gasteiger partial charge in [0.25, 0.3) is 11.6 Å². The van der Waals surface area contributed by atoms with E-state index >= 15 is 0 Å². The Balaban J connectivity index is 2.17. The van der Waals surface area contributed by atoms with Crippen molar-refractivity contribution in [3.63, 3.8) is 0 Å². The molecule has 1 N–H and O–H groups in total. The Morgan fingerprint density at radius 3 is 2.19 bits per heavy atom. The lowest BCUT2D eigenvalue weighted by atomic mass is 10.1. The summed E-state index contributed by atoms with van der Waals surface area (Å²) in [7, 11) is 0. The standard InChI is InChI=1S/C18H14F2N2O5/c1-11(23)16(10-12-2-8-15(9-3-12)27-18(19)20)17(24)21-13-4-6-14(7-5-13)22(25)26/h2-10,18H,1H3,(H,21,24)/b16-10+. The van der Waals surface area contributed by atoms with Crippen LogP contribution in [-0.4, -0.2) is 23.2 Å². The van der Waals surface area contributed by atoms with Gasteiger partial charge in [0.05, 0.1) is 10.5 Å². The van der Waals surface area contributed by atoms with Crippen molar-refractivity contribution in [3.05, 3.63) is 69.8 Å². The van der Waals surface area contributed by atoms with Gasteiger partial charge in [0, 0.05) is 17.8 Å². The first-order chi connectivity index (χ1) is 12.8. The van der Waals surface area contributed by atoms with Crippen LogP contribution in [0.25, 0.3) is 6.08 Å². The van der Waals surface area contributed by atoms with Crippen molar-refractivity contribution in [2.24, 2.45) is 0 Å². The zero-order valence-electron chi connectivity index (χ0n) is 14.0. The second-order valence-corrected chi connectivity index (χ2v) is 5.32. The van der Waals surface area contributed by atoms with E-state index in [4.69, 9.17) is 0 Å². The molecule has 9 heteroatoms. The van der Waals surface area contributed by atoms with Crippen LogP contribution in [0.4, 0.5) is 20.2 Å². The Hall–Kier alpha value is -3.62. The number of nitro benzene ring substituents is 1. The van der Waals surface area contributed by atoms with E-state index in [1.807, 2.05) is 0 Å². The molecule has 0 radical (unpaired) electrons. The molecule has 2 rings (SSSR count). The third-order valence-corrected chi connectivity index (χ3v) is 3.38. The highest BCUT2D eigenvalue weighted by atomic mass is 19.3. The number of alkyl halides is 2. The number of hydrogen-bond donors (Lipinski definition) is 1. The van der Waals surface area contributed by atoms with Crippen LogP contribution in [0, 0.1) is 10.1 Å². The predicted octanol–water partition coefficient (Wildman–Crippen LogP) is 3.81. The van der Waals surface area contributed by atoms with Gasteiger partial charge in [0.1, 0.15) is 5.75 Å². The third-order valence-electron chi connectivity index (χ3n) is 3.38. The van der Waals surface area contributed by atoms with Gasteiger partial charge in [-0.1, -0.05) is 12.1 Å². The molecule has 2 aromatic carbocycles. The summed E-state index contributed by atoms with van der Waals surface area (Å²) >= 11 is 0. The minimum Gasteiger partial charge on any atom is -0.435 e. The zero-order chi connectivity index (χ0) is 20.0. The highest BCUT2D eigenvalue weighted by molar-refractivity contribution is 6.25. The number of anilines is 1. The molecule has 0 atom stereocenters. The summed E-state index contributed by atoms with van der Waals surface area (Å²) in [5.41, 5.74) is 0.399. The second-order valence-electron chi connectivity index (χ2n) is 5.32. The van der Waals surface area contributed by atoms with Gasteiger partial charge in [-0.15, -0.1) is 0 Å². The van der Waals surface area contributed by atoms with Crippen molar-refractivity contribution in [3.8, 4) is 5.75 Å². The summed E-state index contributed by atoms with van der Waals surface area (Å²) in [4.78, 5) is 34.2. The summed E-state index contributed by atoms with van der Waals surface area (Å²) in [5, 5.41) is 13.1. The number of rotatable bonds is 7. The van der Waals surface area contributed by atoms with Gasteiger partial charge in [-0.2, -0.15) is 8.78 Å². The van der Waals surface area contributed by atoms with Gasteiger partial charge in [-0.05, 0) is 42.8 Å². The Labute approximate surface area is 152 Å². The van der Waals surface area contributed by atoms with E-state index in [0.29, 0.717) is 5.56 Å². The van der Waals surface area contributed by atoms with Crippen molar-refractivity contribution in [1.82, 2.24) is 0 Å². The average Bonchev–Trinajstić information content (AvgIpc) is 2.60. The molecule has 0 aromatic heterocycles. The Morgan fingerprint density at radius 1 is 1.11 bits per heavy atom. The van der Waals surface area contributed by atoms with Crippen molar-refractivity contribution in [2.75, 3.05) is 5.32 Å². The van der Waals surface area contributed by atoms with E-state index in [1.165, 1.54) is 61.5 Å². The number of ether oxygens (including phenoxy) is 1. The van der Waals surface area contributed by atoms with E-state index in [9.17, 15) is 28.5 Å². The van der Waals surface area contributed by atoms with E-state index < -0.39 is 23.2 Å². The molecule has 0 fully saturated rings. The maximum atomic E-state index is 12.3. The summed E-state index contributed by atoms with van der Waals surface area (Å²) < 4.78 is 28.5. The van der Waals surface area contributed by atoms with Crippen LogP contribution in [0.5, 0.6) is 5.75 Å². The first kappa shape index (κ1) is 19.7. The van der Waals surface area contributed by atoms with Gasteiger partial charge >= 0.3 is 6.61 Å². The molecule has 0 bridgehead atoms. The number of nitrogens with one attached hydrogen (secondary N) is 1. The first-order valence-corrected chi connectivity index (χ1v) is 7.59. The lowest BCUT2D eigenvalue weighted by Crippen LogP contribution is -2.18. The van der Waals surface area contributed by atoms with E-state index in [0.717, 1.165) is 0 Å². The first-order valence-electron chi connectivity index (χ1n) is 7.59. The zero-order valence-corrected chi connectivity index (χ0v) is 14.0. The van der Waals surface area contributed by atoms with Crippen molar-refractivity contribution in [1.29, 1.82) is 0 Å². The lowest BCUT2D eigenvalue weighted by molar-refractivity contribution is -0.384. The molecule has 0 aliphatic rings. The number of amides is 1. The monoisotopic (exact) mass is 376 g/mol. The SMILES string of the molecule is CC(=O)/C(=C\c1ccc(OC(F)F)cc1)C(=O)Nc1ccc([N+](=O)[O-])cc1. The minimum absolute atomic E-state index is 0.0538. The van der Waals surface area contributed by atoms with Crippen molar-refractivity contribution < 1.29 is 28.0 Å². The van der Waals surface area contributed by atoms with Gasteiger partial charge in [-0.25, -0.2) is 0 Å². The molecule has 27 heavy (non-hydrogen) atoms. The number of carbonyl (C=O) groups excluding carboxylic acids is 2. The number of benzene rings is 2. The Kier molecular flexibility index (Phi) is 6.32. The average molecular weight is 376 g/mol.